The van der Waals surface area contributed by atoms with Gasteiger partial charge in [-0.1, -0.05) is 29.8 Å². The second kappa shape index (κ2) is 5.10. The molecule has 0 unspecified atom stereocenters. The maximum absolute atomic E-state index is 12.1. The molecule has 2 aromatic carbocycles. The highest BCUT2D eigenvalue weighted by molar-refractivity contribution is 6.34. The summed E-state index contributed by atoms with van der Waals surface area (Å²) < 4.78 is 0. The van der Waals surface area contributed by atoms with Crippen molar-refractivity contribution in [3.63, 3.8) is 0 Å². The predicted molar refractivity (Wildman–Crippen MR) is 75.0 cm³/mol. The molecule has 0 aliphatic carbocycles. The van der Waals surface area contributed by atoms with Crippen LogP contribution in [0.3, 0.4) is 0 Å². The zero-order valence-electron chi connectivity index (χ0n) is 9.91. The summed E-state index contributed by atoms with van der Waals surface area (Å²) in [5.74, 6) is -0.241. The minimum absolute atomic E-state index is 0.241. The molecule has 3 nitrogen and oxygen atoms in total. The number of nitrogens with two attached hydrogens (primary N) is 1. The molecular weight excluding hydrogens is 248 g/mol. The van der Waals surface area contributed by atoms with E-state index in [1.54, 1.807) is 42.5 Å². The number of hydrogen-bond acceptors (Lipinski definition) is 2. The molecular formula is C14H13ClN2O. The molecule has 0 bridgehead atoms. The molecule has 0 radical (unpaired) electrons. The maximum Gasteiger partial charge on any atom is 0.257 e. The molecule has 18 heavy (non-hydrogen) atoms. The van der Waals surface area contributed by atoms with Crippen LogP contribution in [0, 0.1) is 6.92 Å². The Morgan fingerprint density at radius 2 is 1.89 bits per heavy atom. The number of nitrogen functional groups attached to an aromatic ring is 1. The number of carbonyl (C=O) groups is 1. The number of anilines is 2. The molecule has 2 aromatic rings. The van der Waals surface area contributed by atoms with E-state index in [1.807, 2.05) is 6.92 Å². The minimum Gasteiger partial charge on any atom is -0.398 e. The summed E-state index contributed by atoms with van der Waals surface area (Å²) in [5.41, 5.74) is 8.42. The number of benzene rings is 2. The van der Waals surface area contributed by atoms with Crippen molar-refractivity contribution in [1.82, 2.24) is 0 Å². The lowest BCUT2D eigenvalue weighted by Gasteiger charge is -2.10. The summed E-state index contributed by atoms with van der Waals surface area (Å²) in [6, 6.07) is 12.3. The van der Waals surface area contributed by atoms with Crippen molar-refractivity contribution < 1.29 is 4.79 Å². The van der Waals surface area contributed by atoms with Gasteiger partial charge in [0.2, 0.25) is 0 Å². The van der Waals surface area contributed by atoms with E-state index in [0.29, 0.717) is 22.0 Å². The molecule has 0 heterocycles. The molecule has 0 atom stereocenters. The smallest absolute Gasteiger partial charge is 0.257 e. The van der Waals surface area contributed by atoms with Gasteiger partial charge in [0.15, 0.2) is 0 Å². The summed E-state index contributed by atoms with van der Waals surface area (Å²) >= 11 is 5.97. The summed E-state index contributed by atoms with van der Waals surface area (Å²) in [5, 5.41) is 3.23. The van der Waals surface area contributed by atoms with Gasteiger partial charge in [-0.3, -0.25) is 4.79 Å². The second-order valence-corrected chi connectivity index (χ2v) is 4.36. The number of carbonyl (C=O) groups excluding carboxylic acids is 1. The van der Waals surface area contributed by atoms with Crippen LogP contribution in [0.4, 0.5) is 11.4 Å². The van der Waals surface area contributed by atoms with Crippen molar-refractivity contribution in [3.8, 4) is 0 Å². The van der Waals surface area contributed by atoms with E-state index in [4.69, 9.17) is 17.3 Å². The van der Waals surface area contributed by atoms with Gasteiger partial charge in [-0.15, -0.1) is 0 Å². The van der Waals surface area contributed by atoms with Gasteiger partial charge in [-0.05, 0) is 36.8 Å². The fourth-order valence-corrected chi connectivity index (χ4v) is 1.85. The summed E-state index contributed by atoms with van der Waals surface area (Å²) in [6.07, 6.45) is 0. The molecule has 0 aromatic heterocycles. The highest BCUT2D eigenvalue weighted by Crippen LogP contribution is 2.22. The van der Waals surface area contributed by atoms with Gasteiger partial charge in [0.1, 0.15) is 0 Å². The molecule has 0 spiro atoms. The third-order valence-corrected chi connectivity index (χ3v) is 3.07. The molecule has 1 amide bonds. The first-order valence-corrected chi connectivity index (χ1v) is 5.88. The van der Waals surface area contributed by atoms with E-state index in [0.717, 1.165) is 5.56 Å². The Bertz CT molecular complexity index is 596. The van der Waals surface area contributed by atoms with Gasteiger partial charge in [0.05, 0.1) is 10.6 Å². The van der Waals surface area contributed by atoms with Crippen LogP contribution in [-0.4, -0.2) is 5.91 Å². The highest BCUT2D eigenvalue weighted by atomic mass is 35.5. The third-order valence-electron chi connectivity index (χ3n) is 2.74. The second-order valence-electron chi connectivity index (χ2n) is 3.95. The zero-order chi connectivity index (χ0) is 13.1. The first-order chi connectivity index (χ1) is 8.59. The Morgan fingerprint density at radius 1 is 1.17 bits per heavy atom. The van der Waals surface area contributed by atoms with E-state index in [2.05, 4.69) is 5.32 Å². The van der Waals surface area contributed by atoms with Crippen LogP contribution in [0.25, 0.3) is 0 Å². The average molecular weight is 261 g/mol. The Balaban J connectivity index is 2.27. The first kappa shape index (κ1) is 12.5. The van der Waals surface area contributed by atoms with Crippen molar-refractivity contribution >= 4 is 28.9 Å². The van der Waals surface area contributed by atoms with E-state index < -0.39 is 0 Å². The average Bonchev–Trinajstić information content (AvgIpc) is 2.35. The number of halogens is 1. The molecule has 3 N–H and O–H groups in total. The molecule has 0 aliphatic rings. The van der Waals surface area contributed by atoms with Crippen molar-refractivity contribution in [2.75, 3.05) is 11.1 Å². The Hall–Kier alpha value is -2.00. The van der Waals surface area contributed by atoms with Crippen LogP contribution in [-0.2, 0) is 0 Å². The standard InChI is InChI=1S/C14H13ClN2O/c1-9-12(16)7-4-8-13(9)17-14(18)10-5-2-3-6-11(10)15/h2-8H,16H2,1H3,(H,17,18). The SMILES string of the molecule is Cc1c(N)cccc1NC(=O)c1ccccc1Cl. The summed E-state index contributed by atoms with van der Waals surface area (Å²) in [7, 11) is 0. The zero-order valence-corrected chi connectivity index (χ0v) is 10.7. The van der Waals surface area contributed by atoms with Gasteiger partial charge in [0, 0.05) is 11.4 Å². The molecule has 0 aliphatic heterocycles. The van der Waals surface area contributed by atoms with Gasteiger partial charge >= 0.3 is 0 Å². The monoisotopic (exact) mass is 260 g/mol. The van der Waals surface area contributed by atoms with Crippen LogP contribution < -0.4 is 11.1 Å². The first-order valence-electron chi connectivity index (χ1n) is 5.50. The Morgan fingerprint density at radius 3 is 2.61 bits per heavy atom. The van der Waals surface area contributed by atoms with E-state index in [1.165, 1.54) is 0 Å². The molecule has 2 rings (SSSR count). The van der Waals surface area contributed by atoms with Crippen molar-refractivity contribution in [3.05, 3.63) is 58.6 Å². The quantitative estimate of drug-likeness (QED) is 0.812. The Labute approximate surface area is 111 Å². The topological polar surface area (TPSA) is 55.1 Å². The number of rotatable bonds is 2. The number of nitrogens with one attached hydrogen (secondary N) is 1. The predicted octanol–water partition coefficient (Wildman–Crippen LogP) is 3.48. The summed E-state index contributed by atoms with van der Waals surface area (Å²) in [6.45, 7) is 1.86. The Kier molecular flexibility index (Phi) is 3.53. The third kappa shape index (κ3) is 2.46. The largest absolute Gasteiger partial charge is 0.398 e. The van der Waals surface area contributed by atoms with Crippen LogP contribution in [0.5, 0.6) is 0 Å². The minimum atomic E-state index is -0.241. The van der Waals surface area contributed by atoms with Crippen molar-refractivity contribution in [1.29, 1.82) is 0 Å². The van der Waals surface area contributed by atoms with E-state index in [9.17, 15) is 4.79 Å². The van der Waals surface area contributed by atoms with Gasteiger partial charge in [-0.2, -0.15) is 0 Å². The van der Waals surface area contributed by atoms with Gasteiger partial charge in [0.25, 0.3) is 5.91 Å². The normalized spacial score (nSPS) is 10.1. The lowest BCUT2D eigenvalue weighted by molar-refractivity contribution is 0.102. The lowest BCUT2D eigenvalue weighted by Crippen LogP contribution is -2.13. The molecule has 0 fully saturated rings. The lowest BCUT2D eigenvalue weighted by atomic mass is 10.1. The fourth-order valence-electron chi connectivity index (χ4n) is 1.62. The number of hydrogen-bond donors (Lipinski definition) is 2. The fraction of sp³-hybridized carbons (Fsp3) is 0.0714. The van der Waals surface area contributed by atoms with Crippen molar-refractivity contribution in [2.45, 2.75) is 6.92 Å². The maximum atomic E-state index is 12.1. The van der Waals surface area contributed by atoms with Crippen molar-refractivity contribution in [2.24, 2.45) is 0 Å². The van der Waals surface area contributed by atoms with Crippen LogP contribution >= 0.6 is 11.6 Å². The molecule has 0 saturated carbocycles. The number of amides is 1. The van der Waals surface area contributed by atoms with Gasteiger partial charge < -0.3 is 11.1 Å². The summed E-state index contributed by atoms with van der Waals surface area (Å²) in [4.78, 5) is 12.1. The van der Waals surface area contributed by atoms with Crippen LogP contribution in [0.2, 0.25) is 5.02 Å². The molecule has 0 saturated heterocycles. The highest BCUT2D eigenvalue weighted by Gasteiger charge is 2.11. The van der Waals surface area contributed by atoms with E-state index >= 15 is 0 Å². The molecule has 92 valence electrons. The van der Waals surface area contributed by atoms with E-state index in [-0.39, 0.29) is 5.91 Å². The van der Waals surface area contributed by atoms with Crippen LogP contribution in [0.15, 0.2) is 42.5 Å². The van der Waals surface area contributed by atoms with Gasteiger partial charge in [-0.25, -0.2) is 0 Å². The van der Waals surface area contributed by atoms with Crippen LogP contribution in [0.1, 0.15) is 15.9 Å². The molecule has 4 heteroatoms.